The summed E-state index contributed by atoms with van der Waals surface area (Å²) in [6.07, 6.45) is 2.70. The molecule has 11 heteroatoms. The van der Waals surface area contributed by atoms with Crippen LogP contribution < -0.4 is 5.73 Å². The summed E-state index contributed by atoms with van der Waals surface area (Å²) >= 11 is 6.56. The number of tetrazole rings is 1. The lowest BCUT2D eigenvalue weighted by Crippen LogP contribution is -2.24. The number of phenolic OH excluding ortho intramolecular Hbond substituents is 1. The molecule has 0 aliphatic heterocycles. The molecular formula is C30H30ClN7O3. The van der Waals surface area contributed by atoms with E-state index < -0.39 is 12.0 Å². The number of H-pyrrole nitrogens is 1. The van der Waals surface area contributed by atoms with Crippen LogP contribution in [0.25, 0.3) is 22.5 Å². The molecule has 0 radical (unpaired) electrons. The minimum Gasteiger partial charge on any atom is -0.508 e. The molecule has 0 bridgehead atoms. The highest BCUT2D eigenvalue weighted by Gasteiger charge is 2.22. The van der Waals surface area contributed by atoms with Crippen LogP contribution in [-0.4, -0.2) is 41.3 Å². The van der Waals surface area contributed by atoms with Crippen LogP contribution in [0, 0.1) is 0 Å². The Bertz CT molecular complexity index is 1600. The summed E-state index contributed by atoms with van der Waals surface area (Å²) in [5.74, 6) is 0.855. The number of nitrogens with two attached hydrogens (primary N) is 1. The third kappa shape index (κ3) is 6.45. The van der Waals surface area contributed by atoms with Crippen molar-refractivity contribution in [2.75, 3.05) is 0 Å². The van der Waals surface area contributed by atoms with Gasteiger partial charge in [0.1, 0.15) is 24.2 Å². The van der Waals surface area contributed by atoms with Gasteiger partial charge in [0.25, 0.3) is 0 Å². The first kappa shape index (κ1) is 28.0. The van der Waals surface area contributed by atoms with Crippen LogP contribution in [0.5, 0.6) is 5.75 Å². The number of hydrogen-bond acceptors (Lipinski definition) is 8. The van der Waals surface area contributed by atoms with Crippen LogP contribution in [0.3, 0.4) is 0 Å². The highest BCUT2D eigenvalue weighted by molar-refractivity contribution is 6.30. The molecule has 5 aromatic rings. The number of unbranched alkanes of at least 4 members (excludes halogenated alkanes) is 1. The van der Waals surface area contributed by atoms with Gasteiger partial charge in [-0.1, -0.05) is 85.6 Å². The SMILES string of the molecule is CCCCc1nc(Cl)c(COC(=O)[C@H](N)c2ccc(O)cc2)n1Cc1ccc(-c2ccccc2-c2nn[nH]n2)cc1. The highest BCUT2D eigenvalue weighted by atomic mass is 35.5. The Labute approximate surface area is 242 Å². The molecule has 5 rings (SSSR count). The summed E-state index contributed by atoms with van der Waals surface area (Å²) in [6, 6.07) is 21.2. The van der Waals surface area contributed by atoms with Gasteiger partial charge in [-0.3, -0.25) is 0 Å². The van der Waals surface area contributed by atoms with Crippen molar-refractivity contribution < 1.29 is 14.6 Å². The van der Waals surface area contributed by atoms with Gasteiger partial charge in [0, 0.05) is 18.5 Å². The number of halogens is 1. The van der Waals surface area contributed by atoms with E-state index in [1.165, 1.54) is 12.1 Å². The lowest BCUT2D eigenvalue weighted by atomic mass is 9.98. The maximum Gasteiger partial charge on any atom is 0.327 e. The van der Waals surface area contributed by atoms with Gasteiger partial charge in [0.05, 0.1) is 5.69 Å². The molecule has 0 spiro atoms. The molecular weight excluding hydrogens is 542 g/mol. The van der Waals surface area contributed by atoms with Gasteiger partial charge in [-0.2, -0.15) is 5.21 Å². The number of carbonyl (C=O) groups excluding carboxylic acids is 1. The number of aromatic hydroxyl groups is 1. The van der Waals surface area contributed by atoms with Gasteiger partial charge in [0.2, 0.25) is 5.82 Å². The largest absolute Gasteiger partial charge is 0.508 e. The monoisotopic (exact) mass is 571 g/mol. The fraction of sp³-hybridized carbons (Fsp3) is 0.233. The zero-order chi connectivity index (χ0) is 28.8. The van der Waals surface area contributed by atoms with Crippen molar-refractivity contribution in [3.8, 4) is 28.3 Å². The molecule has 0 fully saturated rings. The van der Waals surface area contributed by atoms with Crippen molar-refractivity contribution in [2.45, 2.75) is 45.4 Å². The Hall–Kier alpha value is -4.54. The van der Waals surface area contributed by atoms with E-state index in [1.54, 1.807) is 12.1 Å². The standard InChI is InChI=1S/C30H30ClN7O3/c1-2-3-8-26-33-28(31)25(18-41-30(40)27(32)21-13-15-22(39)16-14-21)38(26)17-19-9-11-20(12-10-19)23-6-4-5-7-24(23)29-34-36-37-35-29/h4-7,9-16,27,39H,2-3,8,17-18,32H2,1H3,(H,34,35,36,37)/t27-/m1/s1. The molecule has 0 unspecified atom stereocenters. The number of benzene rings is 3. The summed E-state index contributed by atoms with van der Waals surface area (Å²) in [4.78, 5) is 17.3. The quantitative estimate of drug-likeness (QED) is 0.183. The second-order valence-electron chi connectivity index (χ2n) is 9.61. The molecule has 3 aromatic carbocycles. The highest BCUT2D eigenvalue weighted by Crippen LogP contribution is 2.30. The van der Waals surface area contributed by atoms with Crippen molar-refractivity contribution >= 4 is 17.6 Å². The van der Waals surface area contributed by atoms with Crippen molar-refractivity contribution in [1.29, 1.82) is 0 Å². The summed E-state index contributed by atoms with van der Waals surface area (Å²) in [7, 11) is 0. The third-order valence-corrected chi connectivity index (χ3v) is 7.14. The second kappa shape index (κ2) is 12.8. The minimum absolute atomic E-state index is 0.0707. The van der Waals surface area contributed by atoms with E-state index in [9.17, 15) is 9.90 Å². The molecule has 4 N–H and O–H groups in total. The number of esters is 1. The maximum absolute atomic E-state index is 12.7. The average Bonchev–Trinajstić information content (AvgIpc) is 3.63. The summed E-state index contributed by atoms with van der Waals surface area (Å²) in [5, 5.41) is 24.3. The van der Waals surface area contributed by atoms with Crippen molar-refractivity contribution in [3.05, 3.63) is 101 Å². The number of nitrogens with zero attached hydrogens (tertiary/aromatic N) is 5. The second-order valence-corrected chi connectivity index (χ2v) is 9.97. The van der Waals surface area contributed by atoms with Gasteiger partial charge < -0.3 is 20.1 Å². The fourth-order valence-electron chi connectivity index (χ4n) is 4.58. The van der Waals surface area contributed by atoms with Gasteiger partial charge in [-0.25, -0.2) is 9.78 Å². The molecule has 0 saturated heterocycles. The number of rotatable bonds is 11. The molecule has 10 nitrogen and oxygen atoms in total. The summed E-state index contributed by atoms with van der Waals surface area (Å²) < 4.78 is 7.60. The number of hydrogen-bond donors (Lipinski definition) is 3. The van der Waals surface area contributed by atoms with Gasteiger partial charge in [-0.15, -0.1) is 10.2 Å². The zero-order valence-electron chi connectivity index (χ0n) is 22.5. The first-order chi connectivity index (χ1) is 19.9. The number of imidazole rings is 1. The van der Waals surface area contributed by atoms with E-state index >= 15 is 0 Å². The number of aromatic amines is 1. The minimum atomic E-state index is -0.992. The predicted molar refractivity (Wildman–Crippen MR) is 155 cm³/mol. The van der Waals surface area contributed by atoms with Crippen LogP contribution in [-0.2, 0) is 29.1 Å². The lowest BCUT2D eigenvalue weighted by molar-refractivity contribution is -0.146. The van der Waals surface area contributed by atoms with Crippen molar-refractivity contribution in [2.24, 2.45) is 5.73 Å². The third-order valence-electron chi connectivity index (χ3n) is 6.83. The van der Waals surface area contributed by atoms with Gasteiger partial charge in [0.15, 0.2) is 5.15 Å². The molecule has 0 amide bonds. The maximum atomic E-state index is 12.7. The van der Waals surface area contributed by atoms with Crippen LogP contribution in [0.2, 0.25) is 5.15 Å². The molecule has 0 aliphatic carbocycles. The number of aromatic nitrogens is 6. The van der Waals surface area contributed by atoms with Crippen molar-refractivity contribution in [3.63, 3.8) is 0 Å². The molecule has 2 aromatic heterocycles. The molecule has 0 aliphatic rings. The first-order valence-electron chi connectivity index (χ1n) is 13.3. The average molecular weight is 572 g/mol. The van der Waals surface area contributed by atoms with E-state index in [0.717, 1.165) is 47.3 Å². The van der Waals surface area contributed by atoms with Crippen LogP contribution in [0.1, 0.15) is 48.5 Å². The Balaban J connectivity index is 1.36. The van der Waals surface area contributed by atoms with Crippen molar-refractivity contribution in [1.82, 2.24) is 30.2 Å². The van der Waals surface area contributed by atoms with E-state index in [4.69, 9.17) is 22.1 Å². The number of phenols is 1. The van der Waals surface area contributed by atoms with Gasteiger partial charge >= 0.3 is 5.97 Å². The van der Waals surface area contributed by atoms with E-state index in [-0.39, 0.29) is 12.4 Å². The van der Waals surface area contributed by atoms with Gasteiger partial charge in [-0.05, 0) is 46.0 Å². The predicted octanol–water partition coefficient (Wildman–Crippen LogP) is 5.22. The normalized spacial score (nSPS) is 11.9. The van der Waals surface area contributed by atoms with E-state index in [0.29, 0.717) is 28.8 Å². The number of ether oxygens (including phenoxy) is 1. The Kier molecular flexibility index (Phi) is 8.71. The van der Waals surface area contributed by atoms with Crippen LogP contribution in [0.4, 0.5) is 0 Å². The molecule has 1 atom stereocenters. The molecule has 210 valence electrons. The zero-order valence-corrected chi connectivity index (χ0v) is 23.3. The summed E-state index contributed by atoms with van der Waals surface area (Å²) in [6.45, 7) is 2.55. The van der Waals surface area contributed by atoms with E-state index in [1.807, 2.05) is 28.8 Å². The Morgan fingerprint density at radius 3 is 2.49 bits per heavy atom. The first-order valence-corrected chi connectivity index (χ1v) is 13.7. The number of carbonyl (C=O) groups is 1. The fourth-order valence-corrected chi connectivity index (χ4v) is 4.83. The topological polar surface area (TPSA) is 145 Å². The Morgan fingerprint density at radius 2 is 1.80 bits per heavy atom. The number of aryl methyl sites for hydroxylation is 1. The van der Waals surface area contributed by atoms with Crippen LogP contribution >= 0.6 is 11.6 Å². The van der Waals surface area contributed by atoms with E-state index in [2.05, 4.69) is 56.8 Å². The van der Waals surface area contributed by atoms with Crippen LogP contribution in [0.15, 0.2) is 72.8 Å². The number of nitrogens with one attached hydrogen (secondary N) is 1. The Morgan fingerprint density at radius 1 is 1.07 bits per heavy atom. The molecule has 41 heavy (non-hydrogen) atoms. The molecule has 2 heterocycles. The summed E-state index contributed by atoms with van der Waals surface area (Å²) in [5.41, 5.74) is 11.2. The molecule has 0 saturated carbocycles. The smallest absolute Gasteiger partial charge is 0.327 e. The lowest BCUT2D eigenvalue weighted by Gasteiger charge is -2.15.